The second-order valence-corrected chi connectivity index (χ2v) is 5.44. The Morgan fingerprint density at radius 2 is 2.31 bits per heavy atom. The largest absolute Gasteiger partial charge is 0.226 e. The lowest BCUT2D eigenvalue weighted by Gasteiger charge is -2.01. The van der Waals surface area contributed by atoms with Gasteiger partial charge in [-0.3, -0.25) is 0 Å². The predicted molar refractivity (Wildman–Crippen MR) is 65.1 cm³/mol. The first kappa shape index (κ1) is 11.8. The molecule has 0 saturated carbocycles. The van der Waals surface area contributed by atoms with Gasteiger partial charge < -0.3 is 0 Å². The molecule has 0 aromatic carbocycles. The number of aryl methyl sites for hydroxylation is 1. The van der Waals surface area contributed by atoms with Gasteiger partial charge in [-0.1, -0.05) is 18.5 Å². The Labute approximate surface area is 107 Å². The van der Waals surface area contributed by atoms with E-state index in [4.69, 9.17) is 11.6 Å². The van der Waals surface area contributed by atoms with Gasteiger partial charge in [0, 0.05) is 12.5 Å². The molecule has 0 bridgehead atoms. The van der Waals surface area contributed by atoms with Gasteiger partial charge in [-0.05, 0) is 29.7 Å². The molecule has 0 amide bonds. The number of hydrogen-bond donors (Lipinski definition) is 0. The molecule has 0 radical (unpaired) electrons. The van der Waals surface area contributed by atoms with Crippen molar-refractivity contribution < 1.29 is 0 Å². The van der Waals surface area contributed by atoms with Crippen LogP contribution in [0, 0.1) is 0 Å². The maximum absolute atomic E-state index is 5.93. The fraction of sp³-hybridized carbons (Fsp3) is 0.333. The van der Waals surface area contributed by atoms with Crippen molar-refractivity contribution in [1.29, 1.82) is 0 Å². The number of halogens is 1. The summed E-state index contributed by atoms with van der Waals surface area (Å²) in [5.74, 6) is 0.780. The third-order valence-electron chi connectivity index (χ3n) is 1.72. The first-order valence-corrected chi connectivity index (χ1v) is 6.72. The van der Waals surface area contributed by atoms with Crippen molar-refractivity contribution in [1.82, 2.24) is 19.3 Å². The Morgan fingerprint density at radius 1 is 1.44 bits per heavy atom. The van der Waals surface area contributed by atoms with E-state index < -0.39 is 0 Å². The highest BCUT2D eigenvalue weighted by Gasteiger charge is 2.06. The van der Waals surface area contributed by atoms with Gasteiger partial charge in [0.05, 0.1) is 0 Å². The molecular formula is C9H9ClN4S2. The van der Waals surface area contributed by atoms with Gasteiger partial charge in [0.15, 0.2) is 4.34 Å². The highest BCUT2D eigenvalue weighted by atomic mass is 35.5. The molecule has 0 aliphatic rings. The van der Waals surface area contributed by atoms with Gasteiger partial charge in [-0.2, -0.15) is 4.37 Å². The van der Waals surface area contributed by atoms with E-state index in [1.807, 2.05) is 0 Å². The normalized spacial score (nSPS) is 10.6. The SMILES string of the molecule is CCCc1nc(Cl)cc(Sc2ncns2)n1. The van der Waals surface area contributed by atoms with E-state index >= 15 is 0 Å². The molecule has 2 aromatic rings. The number of aromatic nitrogens is 4. The molecule has 84 valence electrons. The van der Waals surface area contributed by atoms with Gasteiger partial charge >= 0.3 is 0 Å². The molecule has 4 nitrogen and oxygen atoms in total. The Morgan fingerprint density at radius 3 is 3.00 bits per heavy atom. The first-order valence-electron chi connectivity index (χ1n) is 4.76. The van der Waals surface area contributed by atoms with E-state index in [9.17, 15) is 0 Å². The Bertz CT molecular complexity index is 461. The van der Waals surface area contributed by atoms with Crippen molar-refractivity contribution in [3.8, 4) is 0 Å². The van der Waals surface area contributed by atoms with Crippen LogP contribution in [0.3, 0.4) is 0 Å². The van der Waals surface area contributed by atoms with Crippen LogP contribution in [-0.4, -0.2) is 19.3 Å². The summed E-state index contributed by atoms with van der Waals surface area (Å²) in [6, 6.07) is 1.74. The van der Waals surface area contributed by atoms with E-state index in [0.29, 0.717) is 5.15 Å². The summed E-state index contributed by atoms with van der Waals surface area (Å²) in [6.45, 7) is 2.09. The van der Waals surface area contributed by atoms with Crippen LogP contribution in [0.15, 0.2) is 21.8 Å². The summed E-state index contributed by atoms with van der Waals surface area (Å²) in [6.07, 6.45) is 3.37. The molecule has 0 unspecified atom stereocenters. The summed E-state index contributed by atoms with van der Waals surface area (Å²) in [5, 5.41) is 1.30. The fourth-order valence-electron chi connectivity index (χ4n) is 1.13. The van der Waals surface area contributed by atoms with Gasteiger partial charge in [0.25, 0.3) is 0 Å². The molecule has 2 heterocycles. The average Bonchev–Trinajstić information content (AvgIpc) is 2.70. The zero-order chi connectivity index (χ0) is 11.4. The van der Waals surface area contributed by atoms with Crippen LogP contribution in [0.4, 0.5) is 0 Å². The van der Waals surface area contributed by atoms with Crippen molar-refractivity contribution in [3.63, 3.8) is 0 Å². The molecule has 0 fully saturated rings. The van der Waals surface area contributed by atoms with Crippen molar-refractivity contribution in [3.05, 3.63) is 23.4 Å². The minimum atomic E-state index is 0.477. The van der Waals surface area contributed by atoms with Crippen LogP contribution in [0.5, 0.6) is 0 Å². The molecule has 0 saturated heterocycles. The lowest BCUT2D eigenvalue weighted by molar-refractivity contribution is 0.809. The Kier molecular flexibility index (Phi) is 4.09. The van der Waals surface area contributed by atoms with Crippen molar-refractivity contribution in [2.45, 2.75) is 29.1 Å². The Balaban J connectivity index is 2.20. The molecule has 0 atom stereocenters. The summed E-state index contributed by atoms with van der Waals surface area (Å²) in [7, 11) is 0. The Hall–Kier alpha value is -0.720. The molecule has 7 heteroatoms. The van der Waals surface area contributed by atoms with E-state index in [1.54, 1.807) is 6.07 Å². The third kappa shape index (κ3) is 3.13. The lowest BCUT2D eigenvalue weighted by atomic mass is 10.3. The molecule has 2 rings (SSSR count). The van der Waals surface area contributed by atoms with Gasteiger partial charge in [0.1, 0.15) is 22.3 Å². The number of hydrogen-bond acceptors (Lipinski definition) is 6. The quantitative estimate of drug-likeness (QED) is 0.801. The maximum Gasteiger partial charge on any atom is 0.175 e. The minimum absolute atomic E-state index is 0.477. The summed E-state index contributed by atoms with van der Waals surface area (Å²) in [4.78, 5) is 12.6. The van der Waals surface area contributed by atoms with Gasteiger partial charge in [-0.25, -0.2) is 15.0 Å². The highest BCUT2D eigenvalue weighted by molar-refractivity contribution is 8.00. The average molecular weight is 273 g/mol. The second kappa shape index (κ2) is 5.56. The van der Waals surface area contributed by atoms with Gasteiger partial charge in [0.2, 0.25) is 0 Å². The third-order valence-corrected chi connectivity index (χ3v) is 3.55. The lowest BCUT2D eigenvalue weighted by Crippen LogP contribution is -1.95. The monoisotopic (exact) mass is 272 g/mol. The van der Waals surface area contributed by atoms with Crippen molar-refractivity contribution in [2.24, 2.45) is 0 Å². The van der Waals surface area contributed by atoms with Crippen LogP contribution in [-0.2, 0) is 6.42 Å². The zero-order valence-corrected chi connectivity index (χ0v) is 10.9. The first-order chi connectivity index (χ1) is 7.78. The summed E-state index contributed by atoms with van der Waals surface area (Å²) < 4.78 is 4.79. The second-order valence-electron chi connectivity index (χ2n) is 3.00. The zero-order valence-electron chi connectivity index (χ0n) is 8.55. The molecule has 0 N–H and O–H groups in total. The minimum Gasteiger partial charge on any atom is -0.226 e. The molecule has 2 aromatic heterocycles. The molecule has 16 heavy (non-hydrogen) atoms. The molecular weight excluding hydrogens is 264 g/mol. The van der Waals surface area contributed by atoms with Crippen LogP contribution in [0.25, 0.3) is 0 Å². The topological polar surface area (TPSA) is 51.6 Å². The smallest absolute Gasteiger partial charge is 0.175 e. The van der Waals surface area contributed by atoms with Crippen LogP contribution in [0.1, 0.15) is 19.2 Å². The summed E-state index contributed by atoms with van der Waals surface area (Å²) >= 11 is 8.73. The molecule has 0 aliphatic carbocycles. The molecule has 0 spiro atoms. The van der Waals surface area contributed by atoms with Gasteiger partial charge in [-0.15, -0.1) is 0 Å². The van der Waals surface area contributed by atoms with E-state index in [2.05, 4.69) is 26.2 Å². The van der Waals surface area contributed by atoms with Crippen LogP contribution >= 0.6 is 34.9 Å². The van der Waals surface area contributed by atoms with Crippen molar-refractivity contribution >= 4 is 34.9 Å². The van der Waals surface area contributed by atoms with Crippen LogP contribution in [0.2, 0.25) is 5.15 Å². The van der Waals surface area contributed by atoms with Crippen LogP contribution < -0.4 is 0 Å². The predicted octanol–water partition coefficient (Wildman–Crippen LogP) is 3.09. The number of rotatable bonds is 4. The number of nitrogens with zero attached hydrogens (tertiary/aromatic N) is 4. The maximum atomic E-state index is 5.93. The molecule has 0 aliphatic heterocycles. The van der Waals surface area contributed by atoms with E-state index in [-0.39, 0.29) is 0 Å². The van der Waals surface area contributed by atoms with E-state index in [1.165, 1.54) is 29.6 Å². The van der Waals surface area contributed by atoms with Crippen molar-refractivity contribution in [2.75, 3.05) is 0 Å². The summed E-state index contributed by atoms with van der Waals surface area (Å²) in [5.41, 5.74) is 0. The highest BCUT2D eigenvalue weighted by Crippen LogP contribution is 2.27. The van der Waals surface area contributed by atoms with E-state index in [0.717, 1.165) is 28.0 Å². The standard InChI is InChI=1S/C9H9ClN4S2/c1-2-3-7-13-6(10)4-8(14-7)15-9-11-5-12-16-9/h4-5H,2-3H2,1H3. The fourth-order valence-corrected chi connectivity index (χ4v) is 2.81.